The van der Waals surface area contributed by atoms with Gasteiger partial charge in [-0.25, -0.2) is 0 Å². The van der Waals surface area contributed by atoms with Gasteiger partial charge < -0.3 is 19.9 Å². The third-order valence-corrected chi connectivity index (χ3v) is 6.52. The van der Waals surface area contributed by atoms with Crippen LogP contribution in [-0.2, 0) is 9.53 Å². The molecular formula is C27H24ClN3O3. The molecule has 0 saturated carbocycles. The van der Waals surface area contributed by atoms with Gasteiger partial charge in [0.1, 0.15) is 0 Å². The maximum Gasteiger partial charge on any atom is 0.254 e. The molecule has 1 aliphatic rings. The number of para-hydroxylation sites is 1. The summed E-state index contributed by atoms with van der Waals surface area (Å²) in [6.45, 7) is 0.712. The van der Waals surface area contributed by atoms with E-state index in [-0.39, 0.29) is 11.8 Å². The number of aromatic amines is 1. The van der Waals surface area contributed by atoms with Crippen molar-refractivity contribution in [1.29, 1.82) is 0 Å². The van der Waals surface area contributed by atoms with Gasteiger partial charge in [0.25, 0.3) is 5.91 Å². The summed E-state index contributed by atoms with van der Waals surface area (Å²) in [5, 5.41) is 4.53. The van der Waals surface area contributed by atoms with Crippen LogP contribution in [-0.4, -0.2) is 42.0 Å². The molecule has 7 heteroatoms. The number of carbonyl (C=O) groups excluding carboxylic acids is 2. The number of carbonyl (C=O) groups is 2. The lowest BCUT2D eigenvalue weighted by Gasteiger charge is -2.41. The predicted octanol–water partition coefficient (Wildman–Crippen LogP) is 5.39. The fraction of sp³-hybridized carbons (Fsp3) is 0.185. The molecule has 2 N–H and O–H groups in total. The second kappa shape index (κ2) is 9.33. The Morgan fingerprint density at radius 2 is 1.85 bits per heavy atom. The molecule has 3 aromatic carbocycles. The Balaban J connectivity index is 1.67. The largest absolute Gasteiger partial charge is 0.383 e. The minimum Gasteiger partial charge on any atom is -0.383 e. The Morgan fingerprint density at radius 1 is 1.06 bits per heavy atom. The zero-order valence-electron chi connectivity index (χ0n) is 18.6. The number of hydrogen-bond donors (Lipinski definition) is 2. The lowest BCUT2D eigenvalue weighted by Crippen LogP contribution is -2.47. The van der Waals surface area contributed by atoms with Crippen molar-refractivity contribution in [2.75, 3.05) is 25.6 Å². The molecule has 34 heavy (non-hydrogen) atoms. The first-order chi connectivity index (χ1) is 16.6. The number of H-pyrrole nitrogens is 1. The molecule has 0 bridgehead atoms. The minimum absolute atomic E-state index is 0.116. The molecule has 0 saturated heterocycles. The van der Waals surface area contributed by atoms with Gasteiger partial charge in [0.2, 0.25) is 5.91 Å². The van der Waals surface area contributed by atoms with Crippen LogP contribution in [0.5, 0.6) is 0 Å². The second-order valence-electron chi connectivity index (χ2n) is 8.29. The number of ether oxygens (including phenoxy) is 1. The molecule has 172 valence electrons. The normalized spacial score (nSPS) is 17.6. The van der Waals surface area contributed by atoms with Crippen molar-refractivity contribution in [2.24, 2.45) is 0 Å². The predicted molar refractivity (Wildman–Crippen MR) is 133 cm³/mol. The number of benzene rings is 3. The maximum atomic E-state index is 13.9. The van der Waals surface area contributed by atoms with Crippen molar-refractivity contribution in [3.05, 3.63) is 101 Å². The van der Waals surface area contributed by atoms with Gasteiger partial charge in [0.15, 0.2) is 0 Å². The third kappa shape index (κ3) is 3.95. The van der Waals surface area contributed by atoms with E-state index in [1.807, 2.05) is 48.7 Å². The standard InChI is InChI=1S/C27H24ClN3O3/c1-34-14-13-31-25(22-16-29-23-12-5-4-9-19(22)23)24(20-10-2-3-11-21(20)27(31)33)26(32)30-18-8-6-7-17(28)15-18/h2-12,15-16,24-25,29H,13-14H2,1H3,(H,30,32)/t24-,25+/m0/s1. The summed E-state index contributed by atoms with van der Waals surface area (Å²) >= 11 is 6.15. The Labute approximate surface area is 202 Å². The molecule has 0 spiro atoms. The van der Waals surface area contributed by atoms with Crippen LogP contribution in [0, 0.1) is 0 Å². The van der Waals surface area contributed by atoms with Gasteiger partial charge in [0, 0.05) is 52.6 Å². The number of rotatable bonds is 6. The Morgan fingerprint density at radius 3 is 2.68 bits per heavy atom. The van der Waals surface area contributed by atoms with Crippen molar-refractivity contribution in [2.45, 2.75) is 12.0 Å². The quantitative estimate of drug-likeness (QED) is 0.394. The number of aromatic nitrogens is 1. The summed E-state index contributed by atoms with van der Waals surface area (Å²) in [5.74, 6) is -0.960. The summed E-state index contributed by atoms with van der Waals surface area (Å²) < 4.78 is 5.32. The Hall–Kier alpha value is -3.61. The highest BCUT2D eigenvalue weighted by Gasteiger charge is 2.44. The van der Waals surface area contributed by atoms with Crippen LogP contribution in [0.4, 0.5) is 5.69 Å². The first-order valence-electron chi connectivity index (χ1n) is 11.1. The van der Waals surface area contributed by atoms with E-state index in [2.05, 4.69) is 10.3 Å². The zero-order chi connectivity index (χ0) is 23.7. The van der Waals surface area contributed by atoms with Crippen LogP contribution < -0.4 is 5.32 Å². The number of nitrogens with zero attached hydrogens (tertiary/aromatic N) is 1. The average Bonchev–Trinajstić information content (AvgIpc) is 3.27. The van der Waals surface area contributed by atoms with Crippen molar-refractivity contribution >= 4 is 40.0 Å². The molecule has 0 fully saturated rings. The van der Waals surface area contributed by atoms with E-state index in [1.54, 1.807) is 42.3 Å². The summed E-state index contributed by atoms with van der Waals surface area (Å²) in [5.41, 5.74) is 3.68. The number of methoxy groups -OCH3 is 1. The van der Waals surface area contributed by atoms with Crippen molar-refractivity contribution in [3.8, 4) is 0 Å². The molecule has 4 aromatic rings. The molecule has 6 nitrogen and oxygen atoms in total. The summed E-state index contributed by atoms with van der Waals surface area (Å²) in [6, 6.07) is 21.8. The molecule has 0 unspecified atom stereocenters. The number of nitrogens with one attached hydrogen (secondary N) is 2. The van der Waals surface area contributed by atoms with Crippen LogP contribution >= 0.6 is 11.6 Å². The van der Waals surface area contributed by atoms with E-state index < -0.39 is 12.0 Å². The SMILES string of the molecule is COCCN1C(=O)c2ccccc2[C@H](C(=O)Nc2cccc(Cl)c2)[C@H]1c1c[nH]c2ccccc12. The van der Waals surface area contributed by atoms with E-state index in [4.69, 9.17) is 16.3 Å². The van der Waals surface area contributed by atoms with Gasteiger partial charge in [-0.2, -0.15) is 0 Å². The first kappa shape index (κ1) is 22.2. The highest BCUT2D eigenvalue weighted by molar-refractivity contribution is 6.30. The molecule has 0 radical (unpaired) electrons. The summed E-state index contributed by atoms with van der Waals surface area (Å²) in [7, 11) is 1.60. The van der Waals surface area contributed by atoms with Gasteiger partial charge in [-0.1, -0.05) is 54.1 Å². The maximum absolute atomic E-state index is 13.9. The van der Waals surface area contributed by atoms with E-state index in [1.165, 1.54) is 0 Å². The smallest absolute Gasteiger partial charge is 0.254 e. The van der Waals surface area contributed by atoms with Crippen molar-refractivity contribution in [3.63, 3.8) is 0 Å². The molecule has 2 amide bonds. The molecule has 2 atom stereocenters. The number of anilines is 1. The number of amides is 2. The van der Waals surface area contributed by atoms with Gasteiger partial charge in [-0.05, 0) is 35.9 Å². The van der Waals surface area contributed by atoms with Crippen LogP contribution in [0.3, 0.4) is 0 Å². The monoisotopic (exact) mass is 473 g/mol. The Kier molecular flexibility index (Phi) is 6.09. The highest BCUT2D eigenvalue weighted by atomic mass is 35.5. The number of fused-ring (bicyclic) bond motifs is 2. The lowest BCUT2D eigenvalue weighted by molar-refractivity contribution is -0.119. The van der Waals surface area contributed by atoms with E-state index in [0.29, 0.717) is 35.0 Å². The topological polar surface area (TPSA) is 74.4 Å². The molecule has 1 aromatic heterocycles. The van der Waals surface area contributed by atoms with Gasteiger partial charge >= 0.3 is 0 Å². The molecule has 1 aliphatic heterocycles. The third-order valence-electron chi connectivity index (χ3n) is 6.29. The van der Waals surface area contributed by atoms with Crippen LogP contribution in [0.25, 0.3) is 10.9 Å². The average molecular weight is 474 g/mol. The molecular weight excluding hydrogens is 450 g/mol. The molecule has 0 aliphatic carbocycles. The lowest BCUT2D eigenvalue weighted by atomic mass is 9.79. The van der Waals surface area contributed by atoms with Crippen LogP contribution in [0.1, 0.15) is 33.4 Å². The van der Waals surface area contributed by atoms with Gasteiger partial charge in [-0.3, -0.25) is 9.59 Å². The zero-order valence-corrected chi connectivity index (χ0v) is 19.4. The highest BCUT2D eigenvalue weighted by Crippen LogP contribution is 2.45. The van der Waals surface area contributed by atoms with Crippen molar-refractivity contribution in [1.82, 2.24) is 9.88 Å². The Bertz CT molecular complexity index is 1370. The summed E-state index contributed by atoms with van der Waals surface area (Å²) in [4.78, 5) is 32.6. The van der Waals surface area contributed by atoms with E-state index >= 15 is 0 Å². The second-order valence-corrected chi connectivity index (χ2v) is 8.73. The number of halogens is 1. The molecule has 5 rings (SSSR count). The van der Waals surface area contributed by atoms with E-state index in [0.717, 1.165) is 16.5 Å². The summed E-state index contributed by atoms with van der Waals surface area (Å²) in [6.07, 6.45) is 1.90. The van der Waals surface area contributed by atoms with Crippen molar-refractivity contribution < 1.29 is 14.3 Å². The van der Waals surface area contributed by atoms with Crippen LogP contribution in [0.2, 0.25) is 5.02 Å². The fourth-order valence-corrected chi connectivity index (χ4v) is 4.97. The van der Waals surface area contributed by atoms with E-state index in [9.17, 15) is 9.59 Å². The van der Waals surface area contributed by atoms with Crippen LogP contribution in [0.15, 0.2) is 79.0 Å². The minimum atomic E-state index is -0.635. The van der Waals surface area contributed by atoms with Gasteiger partial charge in [0.05, 0.1) is 18.6 Å². The molecule has 2 heterocycles. The fourth-order valence-electron chi connectivity index (χ4n) is 4.78. The number of hydrogen-bond acceptors (Lipinski definition) is 3. The van der Waals surface area contributed by atoms with Gasteiger partial charge in [-0.15, -0.1) is 0 Å². The first-order valence-corrected chi connectivity index (χ1v) is 11.5.